The molecule has 1 fully saturated rings. The van der Waals surface area contributed by atoms with Crippen molar-refractivity contribution in [3.8, 4) is 11.8 Å². The molecule has 0 spiro atoms. The highest BCUT2D eigenvalue weighted by atomic mass is 16.6. The number of fused-ring (bicyclic) bond motifs is 3. The van der Waals surface area contributed by atoms with Crippen LogP contribution in [0.1, 0.15) is 45.2 Å². The molecule has 2 aromatic carbocycles. The van der Waals surface area contributed by atoms with E-state index in [1.807, 2.05) is 67.8 Å². The second kappa shape index (κ2) is 12.1. The molecule has 0 radical (unpaired) electrons. The fourth-order valence-electron chi connectivity index (χ4n) is 4.37. The standard InChI is InChI=1S/C29H33N3O6/c1-29(2,3)38-28(35)30-14-16-37-18-17-36-15-6-7-20-10-11-24-22(19-20)21-8-4-5-9-23(21)32(24)25-12-13-26(33)31-27(25)34/h4-5,8-11,19,25H,12-18H2,1-3H3,(H,30,35)(H,31,33,34). The maximum atomic E-state index is 12.6. The van der Waals surface area contributed by atoms with Crippen LogP contribution in [-0.4, -0.2) is 61.0 Å². The van der Waals surface area contributed by atoms with Crippen molar-refractivity contribution in [1.82, 2.24) is 15.2 Å². The molecule has 9 heteroatoms. The van der Waals surface area contributed by atoms with Crippen LogP contribution in [0.15, 0.2) is 42.5 Å². The predicted octanol–water partition coefficient (Wildman–Crippen LogP) is 3.68. The van der Waals surface area contributed by atoms with Crippen LogP contribution in [0, 0.1) is 11.8 Å². The maximum absolute atomic E-state index is 12.6. The quantitative estimate of drug-likeness (QED) is 0.267. The fourth-order valence-corrected chi connectivity index (χ4v) is 4.37. The van der Waals surface area contributed by atoms with Gasteiger partial charge in [0.15, 0.2) is 0 Å². The summed E-state index contributed by atoms with van der Waals surface area (Å²) in [5.41, 5.74) is 2.20. The van der Waals surface area contributed by atoms with Crippen LogP contribution < -0.4 is 10.6 Å². The molecule has 0 aliphatic carbocycles. The molecule has 2 heterocycles. The highest BCUT2D eigenvalue weighted by Gasteiger charge is 2.30. The van der Waals surface area contributed by atoms with E-state index in [2.05, 4.69) is 22.5 Å². The summed E-state index contributed by atoms with van der Waals surface area (Å²) in [6, 6.07) is 13.4. The van der Waals surface area contributed by atoms with Gasteiger partial charge in [0.25, 0.3) is 0 Å². The lowest BCUT2D eigenvalue weighted by Crippen LogP contribution is -2.41. The van der Waals surface area contributed by atoms with Gasteiger partial charge >= 0.3 is 6.09 Å². The van der Waals surface area contributed by atoms with E-state index in [0.717, 1.165) is 27.4 Å². The third-order valence-corrected chi connectivity index (χ3v) is 5.93. The Morgan fingerprint density at radius 2 is 1.82 bits per heavy atom. The van der Waals surface area contributed by atoms with Gasteiger partial charge < -0.3 is 24.1 Å². The van der Waals surface area contributed by atoms with Gasteiger partial charge in [0, 0.05) is 40.3 Å². The maximum Gasteiger partial charge on any atom is 0.407 e. The van der Waals surface area contributed by atoms with E-state index < -0.39 is 17.7 Å². The molecule has 1 unspecified atom stereocenters. The van der Waals surface area contributed by atoms with Crippen LogP contribution in [-0.2, 0) is 23.8 Å². The van der Waals surface area contributed by atoms with Crippen molar-refractivity contribution in [2.45, 2.75) is 45.3 Å². The number of ether oxygens (including phenoxy) is 3. The largest absolute Gasteiger partial charge is 0.444 e. The van der Waals surface area contributed by atoms with Gasteiger partial charge in [-0.05, 0) is 51.5 Å². The number of para-hydroxylation sites is 1. The minimum absolute atomic E-state index is 0.228. The van der Waals surface area contributed by atoms with Crippen LogP contribution in [0.3, 0.4) is 0 Å². The van der Waals surface area contributed by atoms with E-state index >= 15 is 0 Å². The monoisotopic (exact) mass is 519 g/mol. The van der Waals surface area contributed by atoms with Crippen molar-refractivity contribution in [2.75, 3.05) is 33.0 Å². The summed E-state index contributed by atoms with van der Waals surface area (Å²) >= 11 is 0. The number of nitrogens with one attached hydrogen (secondary N) is 2. The predicted molar refractivity (Wildman–Crippen MR) is 144 cm³/mol. The summed E-state index contributed by atoms with van der Waals surface area (Å²) in [7, 11) is 0. The first-order valence-electron chi connectivity index (χ1n) is 12.7. The van der Waals surface area contributed by atoms with Crippen molar-refractivity contribution in [3.05, 3.63) is 48.0 Å². The molecule has 1 aliphatic rings. The molecule has 0 bridgehead atoms. The van der Waals surface area contributed by atoms with Gasteiger partial charge in [-0.25, -0.2) is 4.79 Å². The Kier molecular flexibility index (Phi) is 8.66. The smallest absolute Gasteiger partial charge is 0.407 e. The van der Waals surface area contributed by atoms with E-state index in [1.54, 1.807) is 0 Å². The molecule has 200 valence electrons. The van der Waals surface area contributed by atoms with E-state index in [0.29, 0.717) is 39.2 Å². The Morgan fingerprint density at radius 3 is 2.61 bits per heavy atom. The first-order valence-corrected chi connectivity index (χ1v) is 12.7. The van der Waals surface area contributed by atoms with Gasteiger partial charge in [0.05, 0.1) is 19.8 Å². The minimum Gasteiger partial charge on any atom is -0.444 e. The van der Waals surface area contributed by atoms with E-state index in [4.69, 9.17) is 14.2 Å². The molecule has 4 rings (SSSR count). The Morgan fingerprint density at radius 1 is 1.05 bits per heavy atom. The molecule has 38 heavy (non-hydrogen) atoms. The number of amides is 3. The third kappa shape index (κ3) is 6.91. The first kappa shape index (κ1) is 27.2. The number of rotatable bonds is 8. The number of hydrogen-bond donors (Lipinski definition) is 2. The number of piperidine rings is 1. The summed E-state index contributed by atoms with van der Waals surface area (Å²) in [6.45, 7) is 7.19. The van der Waals surface area contributed by atoms with Crippen LogP contribution in [0.25, 0.3) is 21.8 Å². The summed E-state index contributed by atoms with van der Waals surface area (Å²) in [5.74, 6) is 5.66. The number of benzene rings is 2. The Labute approximate surface area is 221 Å². The number of alkyl carbamates (subject to hydrolysis) is 1. The number of hydrogen-bond acceptors (Lipinski definition) is 6. The molecule has 1 aromatic heterocycles. The van der Waals surface area contributed by atoms with Gasteiger partial charge in [-0.2, -0.15) is 0 Å². The highest BCUT2D eigenvalue weighted by Crippen LogP contribution is 2.34. The van der Waals surface area contributed by atoms with Crippen molar-refractivity contribution in [2.24, 2.45) is 0 Å². The Balaban J connectivity index is 1.30. The lowest BCUT2D eigenvalue weighted by atomic mass is 10.1. The minimum atomic E-state index is -0.528. The van der Waals surface area contributed by atoms with Crippen LogP contribution in [0.4, 0.5) is 4.79 Å². The normalized spacial score (nSPS) is 15.7. The van der Waals surface area contributed by atoms with Crippen molar-refractivity contribution in [3.63, 3.8) is 0 Å². The fraction of sp³-hybridized carbons (Fsp3) is 0.414. The molecule has 9 nitrogen and oxygen atoms in total. The second-order valence-electron chi connectivity index (χ2n) is 9.98. The number of carbonyl (C=O) groups excluding carboxylic acids is 3. The van der Waals surface area contributed by atoms with Crippen LogP contribution >= 0.6 is 0 Å². The van der Waals surface area contributed by atoms with E-state index in [1.165, 1.54) is 0 Å². The summed E-state index contributed by atoms with van der Waals surface area (Å²) < 4.78 is 18.1. The molecule has 2 N–H and O–H groups in total. The van der Waals surface area contributed by atoms with Gasteiger partial charge in [0.1, 0.15) is 18.2 Å². The summed E-state index contributed by atoms with van der Waals surface area (Å²) in [5, 5.41) is 7.13. The molecule has 1 atom stereocenters. The summed E-state index contributed by atoms with van der Waals surface area (Å²) in [4.78, 5) is 35.8. The number of imide groups is 1. The lowest BCUT2D eigenvalue weighted by molar-refractivity contribution is -0.135. The van der Waals surface area contributed by atoms with Crippen molar-refractivity contribution >= 4 is 39.7 Å². The average molecular weight is 520 g/mol. The van der Waals surface area contributed by atoms with E-state index in [9.17, 15) is 14.4 Å². The SMILES string of the molecule is CC(C)(C)OC(=O)NCCOCCOCC#Cc1ccc2c(c1)c1ccccc1n2C1CCC(=O)NC1=O. The van der Waals surface area contributed by atoms with Gasteiger partial charge in [-0.1, -0.05) is 30.0 Å². The zero-order chi connectivity index (χ0) is 27.1. The molecular formula is C29H33N3O6. The molecule has 0 saturated carbocycles. The molecule has 1 saturated heterocycles. The average Bonchev–Trinajstić information content (AvgIpc) is 3.18. The Bertz CT molecular complexity index is 1390. The lowest BCUT2D eigenvalue weighted by Gasteiger charge is -2.24. The molecule has 3 aromatic rings. The second-order valence-corrected chi connectivity index (χ2v) is 9.98. The molecule has 1 aliphatic heterocycles. The van der Waals surface area contributed by atoms with Crippen molar-refractivity contribution in [1.29, 1.82) is 0 Å². The van der Waals surface area contributed by atoms with Crippen LogP contribution in [0.5, 0.6) is 0 Å². The highest BCUT2D eigenvalue weighted by molar-refractivity contribution is 6.10. The zero-order valence-electron chi connectivity index (χ0n) is 22.0. The first-order chi connectivity index (χ1) is 18.2. The number of nitrogens with zero attached hydrogens (tertiary/aromatic N) is 1. The molecular weight excluding hydrogens is 486 g/mol. The van der Waals surface area contributed by atoms with Crippen LogP contribution in [0.2, 0.25) is 0 Å². The third-order valence-electron chi connectivity index (χ3n) is 5.93. The zero-order valence-corrected chi connectivity index (χ0v) is 22.0. The van der Waals surface area contributed by atoms with Gasteiger partial charge in [-0.15, -0.1) is 0 Å². The topological polar surface area (TPSA) is 108 Å². The van der Waals surface area contributed by atoms with Gasteiger partial charge in [-0.3, -0.25) is 14.9 Å². The Hall–Kier alpha value is -3.87. The van der Waals surface area contributed by atoms with Gasteiger partial charge in [0.2, 0.25) is 11.8 Å². The van der Waals surface area contributed by atoms with Crippen molar-refractivity contribution < 1.29 is 28.6 Å². The number of carbonyl (C=O) groups is 3. The number of aromatic nitrogens is 1. The molecule has 3 amide bonds. The summed E-state index contributed by atoms with van der Waals surface area (Å²) in [6.07, 6.45) is 0.329. The van der Waals surface area contributed by atoms with E-state index in [-0.39, 0.29) is 18.4 Å².